The molecular weight excluding hydrogens is 196 g/mol. The molecule has 0 amide bonds. The zero-order valence-corrected chi connectivity index (χ0v) is 8.91. The Morgan fingerprint density at radius 2 is 1.87 bits per heavy atom. The van der Waals surface area contributed by atoms with Gasteiger partial charge in [0.05, 0.1) is 12.0 Å². The zero-order valence-electron chi connectivity index (χ0n) is 8.91. The number of aliphatic carboxylic acids is 1. The van der Waals surface area contributed by atoms with Crippen LogP contribution in [0, 0.1) is 5.41 Å². The van der Waals surface area contributed by atoms with Crippen LogP contribution in [-0.4, -0.2) is 29.1 Å². The summed E-state index contributed by atoms with van der Waals surface area (Å²) in [4.78, 5) is 22.9. The van der Waals surface area contributed by atoms with Gasteiger partial charge in [0.1, 0.15) is 5.78 Å². The SMILES string of the molecule is CCC(=O)C12CCC(C(=O)O)(CC1)OC2. The van der Waals surface area contributed by atoms with E-state index in [0.717, 1.165) is 0 Å². The first-order valence-electron chi connectivity index (χ1n) is 5.45. The van der Waals surface area contributed by atoms with Crippen molar-refractivity contribution in [2.45, 2.75) is 44.6 Å². The average Bonchev–Trinajstić information content (AvgIpc) is 2.30. The molecule has 0 unspecified atom stereocenters. The molecule has 2 aliphatic heterocycles. The Kier molecular flexibility index (Phi) is 2.34. The van der Waals surface area contributed by atoms with E-state index in [9.17, 15) is 9.59 Å². The number of rotatable bonds is 3. The van der Waals surface area contributed by atoms with Gasteiger partial charge in [0.25, 0.3) is 0 Å². The number of ether oxygens (including phenoxy) is 1. The lowest BCUT2D eigenvalue weighted by Crippen LogP contribution is -2.57. The van der Waals surface area contributed by atoms with Gasteiger partial charge in [-0.2, -0.15) is 0 Å². The Labute approximate surface area is 88.6 Å². The van der Waals surface area contributed by atoms with Gasteiger partial charge in [0, 0.05) is 6.42 Å². The fourth-order valence-electron chi connectivity index (χ4n) is 2.71. The number of Topliss-reactive ketones (excluding diaryl/α,β-unsaturated/α-hetero) is 1. The van der Waals surface area contributed by atoms with E-state index in [-0.39, 0.29) is 11.2 Å². The number of carboxylic acid groups (broad SMARTS) is 1. The first-order valence-corrected chi connectivity index (χ1v) is 5.45. The molecule has 0 radical (unpaired) electrons. The van der Waals surface area contributed by atoms with E-state index in [4.69, 9.17) is 9.84 Å². The van der Waals surface area contributed by atoms with Crippen molar-refractivity contribution in [1.29, 1.82) is 0 Å². The zero-order chi connectivity index (χ0) is 11.1. The molecule has 0 aromatic heterocycles. The summed E-state index contributed by atoms with van der Waals surface area (Å²) in [6.07, 6.45) is 2.82. The van der Waals surface area contributed by atoms with Crippen LogP contribution in [0.2, 0.25) is 0 Å². The molecule has 84 valence electrons. The van der Waals surface area contributed by atoms with Crippen molar-refractivity contribution in [1.82, 2.24) is 0 Å². The predicted molar refractivity (Wildman–Crippen MR) is 52.5 cm³/mol. The fourth-order valence-corrected chi connectivity index (χ4v) is 2.71. The topological polar surface area (TPSA) is 63.6 Å². The highest BCUT2D eigenvalue weighted by Gasteiger charge is 2.56. The first-order chi connectivity index (χ1) is 7.05. The van der Waals surface area contributed by atoms with Gasteiger partial charge in [-0.15, -0.1) is 0 Å². The third-order valence-electron chi connectivity index (χ3n) is 3.94. The van der Waals surface area contributed by atoms with Gasteiger partial charge < -0.3 is 9.84 Å². The van der Waals surface area contributed by atoms with E-state index in [0.29, 0.717) is 38.7 Å². The molecule has 3 aliphatic rings. The number of ketones is 1. The molecule has 1 saturated carbocycles. The fraction of sp³-hybridized carbons (Fsp3) is 0.818. The summed E-state index contributed by atoms with van der Waals surface area (Å²) in [7, 11) is 0. The minimum Gasteiger partial charge on any atom is -0.479 e. The van der Waals surface area contributed by atoms with Gasteiger partial charge in [0.2, 0.25) is 0 Å². The van der Waals surface area contributed by atoms with E-state index in [1.807, 2.05) is 6.92 Å². The molecule has 1 N–H and O–H groups in total. The number of carboxylic acids is 1. The molecule has 15 heavy (non-hydrogen) atoms. The van der Waals surface area contributed by atoms with Crippen LogP contribution >= 0.6 is 0 Å². The van der Waals surface area contributed by atoms with Crippen LogP contribution in [0.3, 0.4) is 0 Å². The Bertz CT molecular complexity index is 283. The van der Waals surface area contributed by atoms with Crippen molar-refractivity contribution in [3.05, 3.63) is 0 Å². The Balaban J connectivity index is 2.17. The maximum absolute atomic E-state index is 11.8. The van der Waals surface area contributed by atoms with Gasteiger partial charge in [-0.25, -0.2) is 4.79 Å². The molecule has 4 nitrogen and oxygen atoms in total. The van der Waals surface area contributed by atoms with Crippen molar-refractivity contribution in [2.75, 3.05) is 6.61 Å². The van der Waals surface area contributed by atoms with Crippen LogP contribution in [-0.2, 0) is 14.3 Å². The highest BCUT2D eigenvalue weighted by Crippen LogP contribution is 2.49. The molecule has 3 rings (SSSR count). The summed E-state index contributed by atoms with van der Waals surface area (Å²) in [5, 5.41) is 9.08. The molecule has 2 bridgehead atoms. The predicted octanol–water partition coefficient (Wildman–Crippen LogP) is 1.38. The van der Waals surface area contributed by atoms with Crippen molar-refractivity contribution >= 4 is 11.8 Å². The third-order valence-corrected chi connectivity index (χ3v) is 3.94. The normalized spacial score (nSPS) is 39.0. The highest BCUT2D eigenvalue weighted by atomic mass is 16.5. The Morgan fingerprint density at radius 3 is 2.20 bits per heavy atom. The molecule has 1 aliphatic carbocycles. The minimum atomic E-state index is -0.990. The number of hydrogen-bond acceptors (Lipinski definition) is 3. The molecule has 2 heterocycles. The van der Waals surface area contributed by atoms with Crippen LogP contribution < -0.4 is 0 Å². The molecule has 0 aromatic carbocycles. The van der Waals surface area contributed by atoms with Crippen molar-refractivity contribution in [3.63, 3.8) is 0 Å². The summed E-state index contributed by atoms with van der Waals surface area (Å²) in [5.74, 6) is -0.652. The summed E-state index contributed by atoms with van der Waals surface area (Å²) in [6.45, 7) is 2.15. The van der Waals surface area contributed by atoms with Crippen LogP contribution in [0.5, 0.6) is 0 Å². The molecular formula is C11H16O4. The lowest BCUT2D eigenvalue weighted by atomic mass is 9.63. The molecule has 0 spiro atoms. The van der Waals surface area contributed by atoms with E-state index in [1.165, 1.54) is 0 Å². The second-order valence-corrected chi connectivity index (χ2v) is 4.65. The highest BCUT2D eigenvalue weighted by molar-refractivity contribution is 5.86. The van der Waals surface area contributed by atoms with Gasteiger partial charge in [-0.05, 0) is 25.7 Å². The number of hydrogen-bond donors (Lipinski definition) is 1. The molecule has 2 saturated heterocycles. The molecule has 0 aromatic rings. The quantitative estimate of drug-likeness (QED) is 0.767. The maximum Gasteiger partial charge on any atom is 0.335 e. The Morgan fingerprint density at radius 1 is 1.27 bits per heavy atom. The maximum atomic E-state index is 11.8. The van der Waals surface area contributed by atoms with E-state index >= 15 is 0 Å². The van der Waals surface area contributed by atoms with Crippen LogP contribution in [0.25, 0.3) is 0 Å². The smallest absolute Gasteiger partial charge is 0.335 e. The number of fused-ring (bicyclic) bond motifs is 3. The van der Waals surface area contributed by atoms with Crippen molar-refractivity contribution in [3.8, 4) is 0 Å². The van der Waals surface area contributed by atoms with Crippen LogP contribution in [0.1, 0.15) is 39.0 Å². The lowest BCUT2D eigenvalue weighted by Gasteiger charge is -2.49. The second-order valence-electron chi connectivity index (χ2n) is 4.65. The van der Waals surface area contributed by atoms with Gasteiger partial charge in [0.15, 0.2) is 5.60 Å². The van der Waals surface area contributed by atoms with Crippen molar-refractivity contribution in [2.24, 2.45) is 5.41 Å². The number of carbonyl (C=O) groups is 2. The van der Waals surface area contributed by atoms with E-state index in [2.05, 4.69) is 0 Å². The molecule has 0 atom stereocenters. The summed E-state index contributed by atoms with van der Waals surface area (Å²) < 4.78 is 5.43. The number of carbonyl (C=O) groups excluding carboxylic acids is 1. The third kappa shape index (κ3) is 1.39. The Hall–Kier alpha value is -0.900. The minimum absolute atomic E-state index is 0.223. The van der Waals surface area contributed by atoms with Gasteiger partial charge in [-0.1, -0.05) is 6.92 Å². The van der Waals surface area contributed by atoms with E-state index in [1.54, 1.807) is 0 Å². The first kappa shape index (κ1) is 10.6. The average molecular weight is 212 g/mol. The largest absolute Gasteiger partial charge is 0.479 e. The summed E-state index contributed by atoms with van der Waals surface area (Å²) >= 11 is 0. The summed E-state index contributed by atoms with van der Waals surface area (Å²) in [6, 6.07) is 0. The lowest BCUT2D eigenvalue weighted by molar-refractivity contribution is -0.207. The van der Waals surface area contributed by atoms with Gasteiger partial charge in [-0.3, -0.25) is 4.79 Å². The van der Waals surface area contributed by atoms with E-state index < -0.39 is 11.6 Å². The standard InChI is InChI=1S/C11H16O4/c1-2-8(12)10-3-5-11(6-4-10,9(13)14)15-7-10/h2-7H2,1H3,(H,13,14). The van der Waals surface area contributed by atoms with Crippen molar-refractivity contribution < 1.29 is 19.4 Å². The van der Waals surface area contributed by atoms with Crippen LogP contribution in [0.15, 0.2) is 0 Å². The monoisotopic (exact) mass is 212 g/mol. The molecule has 4 heteroatoms. The van der Waals surface area contributed by atoms with Crippen LogP contribution in [0.4, 0.5) is 0 Å². The molecule has 3 fully saturated rings. The van der Waals surface area contributed by atoms with Gasteiger partial charge >= 0.3 is 5.97 Å². The second kappa shape index (κ2) is 3.30. The summed E-state index contributed by atoms with van der Waals surface area (Å²) in [5.41, 5.74) is -1.36.